The molecule has 11 heteroatoms. The fourth-order valence-electron chi connectivity index (χ4n) is 4.02. The minimum Gasteiger partial charge on any atom is -0.508 e. The molecular weight excluding hydrogens is 466 g/mol. The van der Waals surface area contributed by atoms with Crippen molar-refractivity contribution >= 4 is 28.4 Å². The molecule has 0 radical (unpaired) electrons. The number of amides is 3. The number of rotatable bonds is 4. The molecular formula is C25H19N5O6. The number of aromatic nitrogens is 2. The number of anilines is 1. The summed E-state index contributed by atoms with van der Waals surface area (Å²) in [5.74, 6) is -1.05. The molecule has 0 atom stereocenters. The summed E-state index contributed by atoms with van der Waals surface area (Å²) in [7, 11) is 1.58. The van der Waals surface area contributed by atoms with Gasteiger partial charge in [0.2, 0.25) is 0 Å². The number of hydrogen-bond donors (Lipinski definition) is 6. The molecule has 11 nitrogen and oxygen atoms in total. The highest BCUT2D eigenvalue weighted by atomic mass is 16.5. The van der Waals surface area contributed by atoms with Crippen LogP contribution in [0.25, 0.3) is 33.3 Å². The molecule has 180 valence electrons. The van der Waals surface area contributed by atoms with Crippen LogP contribution in [0.15, 0.2) is 70.9 Å². The predicted molar refractivity (Wildman–Crippen MR) is 131 cm³/mol. The van der Waals surface area contributed by atoms with Gasteiger partial charge in [0.05, 0.1) is 40.7 Å². The van der Waals surface area contributed by atoms with Crippen LogP contribution >= 0.6 is 0 Å². The summed E-state index contributed by atoms with van der Waals surface area (Å²) in [4.78, 5) is 24.6. The maximum Gasteiger partial charge on any atom is 0.364 e. The summed E-state index contributed by atoms with van der Waals surface area (Å²) in [6.45, 7) is 0. The Morgan fingerprint density at radius 3 is 2.39 bits per heavy atom. The molecule has 3 aromatic carbocycles. The third kappa shape index (κ3) is 3.84. The van der Waals surface area contributed by atoms with Gasteiger partial charge in [-0.25, -0.2) is 4.79 Å². The van der Waals surface area contributed by atoms with Gasteiger partial charge < -0.3 is 25.4 Å². The number of carbonyl (C=O) groups is 2. The Morgan fingerprint density at radius 2 is 1.67 bits per heavy atom. The van der Waals surface area contributed by atoms with Crippen LogP contribution in [0.2, 0.25) is 0 Å². The summed E-state index contributed by atoms with van der Waals surface area (Å²) in [6.07, 6.45) is 0. The van der Waals surface area contributed by atoms with E-state index in [4.69, 9.17) is 4.74 Å². The van der Waals surface area contributed by atoms with Gasteiger partial charge in [-0.1, -0.05) is 17.2 Å². The lowest BCUT2D eigenvalue weighted by molar-refractivity contribution is 0.0991. The predicted octanol–water partition coefficient (Wildman–Crippen LogP) is 5.22. The summed E-state index contributed by atoms with van der Waals surface area (Å²) in [6, 6.07) is 14.7. The minimum absolute atomic E-state index is 0.0544. The van der Waals surface area contributed by atoms with Crippen molar-refractivity contribution in [2.45, 2.75) is 0 Å². The van der Waals surface area contributed by atoms with Gasteiger partial charge in [0.15, 0.2) is 0 Å². The van der Waals surface area contributed by atoms with Crippen molar-refractivity contribution in [2.24, 2.45) is 10.2 Å². The summed E-state index contributed by atoms with van der Waals surface area (Å²) >= 11 is 0. The second-order valence-electron chi connectivity index (χ2n) is 7.82. The van der Waals surface area contributed by atoms with Crippen LogP contribution in [0.3, 0.4) is 0 Å². The third-order valence-electron chi connectivity index (χ3n) is 5.68. The number of phenols is 2. The highest BCUT2D eigenvalue weighted by Crippen LogP contribution is 2.50. The van der Waals surface area contributed by atoms with Crippen molar-refractivity contribution in [3.63, 3.8) is 0 Å². The number of nitrogens with zero attached hydrogens (tertiary/aromatic N) is 2. The lowest BCUT2D eigenvalue weighted by atomic mass is 10.1. The normalized spacial score (nSPS) is 11.4. The van der Waals surface area contributed by atoms with Gasteiger partial charge in [0, 0.05) is 17.0 Å². The Kier molecular flexibility index (Phi) is 5.49. The fourth-order valence-corrected chi connectivity index (χ4v) is 4.02. The molecule has 6 N–H and O–H groups in total. The standard InChI is InChI=1S/C25H19N5O6/c1-36-14-8-5-12(6-9-14)21-20-22(28-27-21)16-3-2-4-17(19(16)23(20)33)26-25(35)30-29-24(34)15-10-7-13(31)11-18(15)32/h2-11,27-28,31-33H,1H3,(H,26,35). The number of benzene rings is 3. The monoisotopic (exact) mass is 485 g/mol. The van der Waals surface area contributed by atoms with Crippen LogP contribution in [0.4, 0.5) is 10.5 Å². The van der Waals surface area contributed by atoms with Gasteiger partial charge in [0.1, 0.15) is 23.0 Å². The number of azo groups is 1. The highest BCUT2D eigenvalue weighted by molar-refractivity contribution is 6.16. The average molecular weight is 485 g/mol. The van der Waals surface area contributed by atoms with Crippen molar-refractivity contribution in [3.8, 4) is 45.5 Å². The van der Waals surface area contributed by atoms with Crippen molar-refractivity contribution in [1.29, 1.82) is 0 Å². The van der Waals surface area contributed by atoms with Crippen LogP contribution in [-0.4, -0.2) is 44.6 Å². The molecule has 0 aromatic heterocycles. The Hall–Kier alpha value is -5.32. The van der Waals surface area contributed by atoms with Gasteiger partial charge in [-0.2, -0.15) is 0 Å². The number of aromatic hydroxyl groups is 3. The summed E-state index contributed by atoms with van der Waals surface area (Å²) < 4.78 is 5.20. The van der Waals surface area contributed by atoms with Gasteiger partial charge in [-0.15, -0.1) is 5.11 Å². The SMILES string of the molecule is COc1ccc(-c2[nH][nH]c3c4cccc(NC(=O)N=NC(=O)c5ccc(O)cc5O)c4c(O)c2-3)cc1. The van der Waals surface area contributed by atoms with E-state index in [1.807, 2.05) is 12.1 Å². The van der Waals surface area contributed by atoms with Gasteiger partial charge >= 0.3 is 6.03 Å². The zero-order valence-corrected chi connectivity index (χ0v) is 18.7. The van der Waals surface area contributed by atoms with Crippen LogP contribution in [0.5, 0.6) is 23.0 Å². The molecule has 0 bridgehead atoms. The lowest BCUT2D eigenvalue weighted by Crippen LogP contribution is -2.06. The Labute approximate surface area is 203 Å². The third-order valence-corrected chi connectivity index (χ3v) is 5.68. The Balaban J connectivity index is 1.45. The summed E-state index contributed by atoms with van der Waals surface area (Å²) in [5.41, 5.74) is 2.68. The van der Waals surface area contributed by atoms with Crippen molar-refractivity contribution in [3.05, 3.63) is 66.2 Å². The molecule has 0 saturated carbocycles. The largest absolute Gasteiger partial charge is 0.508 e. The topological polar surface area (TPSA) is 172 Å². The highest BCUT2D eigenvalue weighted by Gasteiger charge is 2.26. The second-order valence-corrected chi connectivity index (χ2v) is 7.82. The molecule has 3 amide bonds. The minimum atomic E-state index is -0.968. The lowest BCUT2D eigenvalue weighted by Gasteiger charge is -2.05. The Morgan fingerprint density at radius 1 is 0.917 bits per heavy atom. The first-order valence-electron chi connectivity index (χ1n) is 10.6. The molecule has 0 spiro atoms. The molecule has 1 heterocycles. The van der Waals surface area contributed by atoms with E-state index in [0.29, 0.717) is 33.5 Å². The Bertz CT molecular complexity index is 1620. The number of aromatic amines is 2. The van der Waals surface area contributed by atoms with E-state index in [-0.39, 0.29) is 22.7 Å². The quantitative estimate of drug-likeness (QED) is 0.190. The maximum absolute atomic E-state index is 12.4. The second kappa shape index (κ2) is 8.80. The molecule has 2 aliphatic rings. The number of carbonyl (C=O) groups excluding carboxylic acids is 2. The van der Waals surface area contributed by atoms with Gasteiger partial charge in [0.25, 0.3) is 5.91 Å². The number of nitrogens with one attached hydrogen (secondary N) is 3. The number of fused-ring (bicyclic) bond motifs is 3. The number of phenolic OH excluding ortho intramolecular Hbond substituents is 2. The first-order chi connectivity index (χ1) is 17.4. The number of hydrogen-bond acceptors (Lipinski definition) is 6. The molecule has 0 unspecified atom stereocenters. The van der Waals surface area contributed by atoms with Crippen molar-refractivity contribution in [2.75, 3.05) is 12.4 Å². The van der Waals surface area contributed by atoms with Gasteiger partial charge in [-0.05, 0) is 42.5 Å². The van der Waals surface area contributed by atoms with E-state index in [2.05, 4.69) is 25.7 Å². The number of H-pyrrole nitrogens is 2. The van der Waals surface area contributed by atoms with E-state index in [1.54, 1.807) is 37.4 Å². The zero-order chi connectivity index (χ0) is 25.4. The molecule has 0 fully saturated rings. The van der Waals surface area contributed by atoms with E-state index in [9.17, 15) is 24.9 Å². The van der Waals surface area contributed by atoms with E-state index < -0.39 is 17.7 Å². The average Bonchev–Trinajstić information content (AvgIpc) is 3.43. The van der Waals surface area contributed by atoms with Crippen LogP contribution in [0.1, 0.15) is 10.4 Å². The van der Waals surface area contributed by atoms with E-state index >= 15 is 0 Å². The van der Waals surface area contributed by atoms with Crippen LogP contribution < -0.4 is 10.1 Å². The molecule has 36 heavy (non-hydrogen) atoms. The van der Waals surface area contributed by atoms with Crippen molar-refractivity contribution in [1.82, 2.24) is 10.2 Å². The number of ether oxygens (including phenoxy) is 1. The first kappa shape index (κ1) is 22.5. The maximum atomic E-state index is 12.4. The van der Waals surface area contributed by atoms with Gasteiger partial charge in [-0.3, -0.25) is 15.0 Å². The number of urea groups is 1. The van der Waals surface area contributed by atoms with Crippen LogP contribution in [0, 0.1) is 0 Å². The molecule has 3 aromatic rings. The fraction of sp³-hybridized carbons (Fsp3) is 0.0400. The number of methoxy groups -OCH3 is 1. The molecule has 0 saturated heterocycles. The van der Waals surface area contributed by atoms with Crippen molar-refractivity contribution < 1.29 is 29.6 Å². The van der Waals surface area contributed by atoms with Crippen LogP contribution in [-0.2, 0) is 0 Å². The molecule has 1 aliphatic heterocycles. The zero-order valence-electron chi connectivity index (χ0n) is 18.7. The summed E-state index contributed by atoms with van der Waals surface area (Å²) in [5, 5.41) is 46.6. The van der Waals surface area contributed by atoms with E-state index in [0.717, 1.165) is 17.7 Å². The smallest absolute Gasteiger partial charge is 0.364 e. The molecule has 5 rings (SSSR count). The van der Waals surface area contributed by atoms with E-state index in [1.165, 1.54) is 6.07 Å². The molecule has 1 aliphatic carbocycles. The first-order valence-corrected chi connectivity index (χ1v) is 10.6.